The molecule has 0 aliphatic heterocycles. The number of aryl methyl sites for hydroxylation is 1. The van der Waals surface area contributed by atoms with Gasteiger partial charge in [-0.3, -0.25) is 4.79 Å². The van der Waals surface area contributed by atoms with E-state index >= 15 is 0 Å². The van der Waals surface area contributed by atoms with Crippen LogP contribution in [0.25, 0.3) is 5.69 Å². The number of rotatable bonds is 10. The minimum atomic E-state index is -0.421. The number of esters is 1. The van der Waals surface area contributed by atoms with E-state index in [1.54, 1.807) is 35.9 Å². The molecule has 214 valence electrons. The van der Waals surface area contributed by atoms with Crippen LogP contribution in [0.4, 0.5) is 16.3 Å². The Bertz CT molecular complexity index is 1320. The summed E-state index contributed by atoms with van der Waals surface area (Å²) in [5.41, 5.74) is 3.45. The highest BCUT2D eigenvalue weighted by Gasteiger charge is 2.23. The Hall–Kier alpha value is -4.14. The molecule has 2 N–H and O–H groups in total. The maximum atomic E-state index is 13.3. The van der Waals surface area contributed by atoms with Gasteiger partial charge in [-0.25, -0.2) is 14.3 Å². The van der Waals surface area contributed by atoms with Gasteiger partial charge in [0, 0.05) is 23.7 Å². The van der Waals surface area contributed by atoms with Crippen LogP contribution < -0.4 is 10.6 Å². The van der Waals surface area contributed by atoms with E-state index in [0.29, 0.717) is 29.5 Å². The van der Waals surface area contributed by atoms with Crippen molar-refractivity contribution in [3.8, 4) is 5.69 Å². The Morgan fingerprint density at radius 3 is 2.33 bits per heavy atom. The van der Waals surface area contributed by atoms with Crippen LogP contribution in [0.1, 0.15) is 69.6 Å². The monoisotopic (exact) mass is 547 g/mol. The topological polar surface area (TPSA) is 106 Å². The SMILES string of the molecule is CCOC(=O)c1ccc(NC(=O)N(CCC(C)C)CC(=O)Nc2cc(C(C)(C)C)nn2-c2cccc(C)c2)cc1. The molecule has 40 heavy (non-hydrogen) atoms. The third-order valence-electron chi connectivity index (χ3n) is 6.24. The molecule has 9 nitrogen and oxygen atoms in total. The van der Waals surface area contributed by atoms with Crippen molar-refractivity contribution >= 4 is 29.4 Å². The molecule has 1 heterocycles. The first kappa shape index (κ1) is 30.4. The van der Waals surface area contributed by atoms with Gasteiger partial charge in [0.1, 0.15) is 12.4 Å². The molecule has 0 unspecified atom stereocenters. The molecule has 0 aliphatic rings. The summed E-state index contributed by atoms with van der Waals surface area (Å²) in [6, 6.07) is 15.8. The van der Waals surface area contributed by atoms with E-state index in [9.17, 15) is 14.4 Å². The Morgan fingerprint density at radius 2 is 1.73 bits per heavy atom. The highest BCUT2D eigenvalue weighted by Crippen LogP contribution is 2.26. The van der Waals surface area contributed by atoms with Crippen molar-refractivity contribution in [3.63, 3.8) is 0 Å². The first-order chi connectivity index (χ1) is 18.9. The Balaban J connectivity index is 1.78. The number of anilines is 2. The molecule has 0 bridgehead atoms. The summed E-state index contributed by atoms with van der Waals surface area (Å²) in [7, 11) is 0. The zero-order chi connectivity index (χ0) is 29.4. The minimum absolute atomic E-state index is 0.136. The molecule has 0 saturated carbocycles. The van der Waals surface area contributed by atoms with Crippen LogP contribution in [0, 0.1) is 12.8 Å². The first-order valence-corrected chi connectivity index (χ1v) is 13.7. The van der Waals surface area contributed by atoms with Crippen molar-refractivity contribution in [1.82, 2.24) is 14.7 Å². The highest BCUT2D eigenvalue weighted by molar-refractivity contribution is 5.97. The lowest BCUT2D eigenvalue weighted by atomic mass is 9.92. The van der Waals surface area contributed by atoms with E-state index in [0.717, 1.165) is 23.4 Å². The minimum Gasteiger partial charge on any atom is -0.462 e. The normalized spacial score (nSPS) is 11.3. The molecule has 3 aromatic rings. The van der Waals surface area contributed by atoms with Crippen LogP contribution in [0.5, 0.6) is 0 Å². The summed E-state index contributed by atoms with van der Waals surface area (Å²) in [4.78, 5) is 39.9. The molecule has 0 fully saturated rings. The predicted octanol–water partition coefficient (Wildman–Crippen LogP) is 6.17. The van der Waals surface area contributed by atoms with Gasteiger partial charge in [0.05, 0.1) is 23.6 Å². The van der Waals surface area contributed by atoms with E-state index < -0.39 is 12.0 Å². The van der Waals surface area contributed by atoms with Gasteiger partial charge < -0.3 is 20.3 Å². The molecular weight excluding hydrogens is 506 g/mol. The number of ether oxygens (including phenoxy) is 1. The first-order valence-electron chi connectivity index (χ1n) is 13.7. The molecule has 0 spiro atoms. The second kappa shape index (κ2) is 13.3. The molecule has 0 radical (unpaired) electrons. The van der Waals surface area contributed by atoms with Crippen molar-refractivity contribution in [2.24, 2.45) is 5.92 Å². The molecule has 2 aromatic carbocycles. The van der Waals surface area contributed by atoms with Gasteiger partial charge >= 0.3 is 12.0 Å². The third kappa shape index (κ3) is 8.43. The molecule has 0 saturated heterocycles. The van der Waals surface area contributed by atoms with E-state index in [-0.39, 0.29) is 24.5 Å². The summed E-state index contributed by atoms with van der Waals surface area (Å²) < 4.78 is 6.74. The number of carbonyl (C=O) groups excluding carboxylic acids is 3. The molecule has 1 aromatic heterocycles. The van der Waals surface area contributed by atoms with Gasteiger partial charge in [-0.1, -0.05) is 46.8 Å². The van der Waals surface area contributed by atoms with Crippen LogP contribution >= 0.6 is 0 Å². The standard InChI is InChI=1S/C31H41N5O4/c1-8-40-29(38)23-12-14-24(15-13-23)32-30(39)35(17-16-21(2)3)20-28(37)33-27-19-26(31(5,6)7)34-36(27)25-11-9-10-22(4)18-25/h9-15,18-19,21H,8,16-17,20H2,1-7H3,(H,32,39)(H,33,37). The summed E-state index contributed by atoms with van der Waals surface area (Å²) in [5, 5.41) is 10.6. The molecule has 3 rings (SSSR count). The second-order valence-corrected chi connectivity index (χ2v) is 11.3. The Labute approximate surface area is 236 Å². The quantitative estimate of drug-likeness (QED) is 0.295. The van der Waals surface area contributed by atoms with Gasteiger partial charge in [-0.15, -0.1) is 0 Å². The van der Waals surface area contributed by atoms with Gasteiger partial charge in [0.15, 0.2) is 0 Å². The van der Waals surface area contributed by atoms with Crippen molar-refractivity contribution in [2.45, 2.75) is 60.3 Å². The maximum Gasteiger partial charge on any atom is 0.338 e. The Kier molecular flexibility index (Phi) is 10.1. The summed E-state index contributed by atoms with van der Waals surface area (Å²) in [6.07, 6.45) is 0.734. The van der Waals surface area contributed by atoms with Gasteiger partial charge in [-0.05, 0) is 68.1 Å². The number of aromatic nitrogens is 2. The lowest BCUT2D eigenvalue weighted by Crippen LogP contribution is -2.41. The van der Waals surface area contributed by atoms with Crippen LogP contribution in [0.3, 0.4) is 0 Å². The smallest absolute Gasteiger partial charge is 0.338 e. The van der Waals surface area contributed by atoms with Crippen molar-refractivity contribution in [1.29, 1.82) is 0 Å². The Morgan fingerprint density at radius 1 is 1.02 bits per heavy atom. The van der Waals surface area contributed by atoms with Gasteiger partial charge in [-0.2, -0.15) is 5.10 Å². The van der Waals surface area contributed by atoms with Crippen molar-refractivity contribution in [2.75, 3.05) is 30.3 Å². The van der Waals surface area contributed by atoms with Crippen LogP contribution in [-0.4, -0.2) is 52.3 Å². The van der Waals surface area contributed by atoms with E-state index in [4.69, 9.17) is 9.84 Å². The molecule has 0 atom stereocenters. The van der Waals surface area contributed by atoms with Gasteiger partial charge in [0.25, 0.3) is 0 Å². The molecular formula is C31H41N5O4. The van der Waals surface area contributed by atoms with Gasteiger partial charge in [0.2, 0.25) is 5.91 Å². The van der Waals surface area contributed by atoms with E-state index in [2.05, 4.69) is 45.3 Å². The molecule has 9 heteroatoms. The number of urea groups is 1. The van der Waals surface area contributed by atoms with Crippen molar-refractivity contribution < 1.29 is 19.1 Å². The predicted molar refractivity (Wildman–Crippen MR) is 158 cm³/mol. The van der Waals surface area contributed by atoms with Crippen LogP contribution in [-0.2, 0) is 14.9 Å². The number of hydrogen-bond acceptors (Lipinski definition) is 5. The fraction of sp³-hybridized carbons (Fsp3) is 0.419. The highest BCUT2D eigenvalue weighted by atomic mass is 16.5. The van der Waals surface area contributed by atoms with Crippen LogP contribution in [0.2, 0.25) is 0 Å². The van der Waals surface area contributed by atoms with Crippen molar-refractivity contribution in [3.05, 3.63) is 71.4 Å². The maximum absolute atomic E-state index is 13.3. The number of benzene rings is 2. The average Bonchev–Trinajstić information content (AvgIpc) is 3.31. The molecule has 0 aliphatic carbocycles. The molecule has 3 amide bonds. The van der Waals surface area contributed by atoms with Crippen LogP contribution in [0.15, 0.2) is 54.6 Å². The summed E-state index contributed by atoms with van der Waals surface area (Å²) >= 11 is 0. The second-order valence-electron chi connectivity index (χ2n) is 11.3. The largest absolute Gasteiger partial charge is 0.462 e. The zero-order valence-electron chi connectivity index (χ0n) is 24.6. The fourth-order valence-electron chi connectivity index (χ4n) is 3.92. The summed E-state index contributed by atoms with van der Waals surface area (Å²) in [5.74, 6) is 0.138. The average molecular weight is 548 g/mol. The number of hydrogen-bond donors (Lipinski definition) is 2. The lowest BCUT2D eigenvalue weighted by Gasteiger charge is -2.23. The summed E-state index contributed by atoms with van der Waals surface area (Å²) in [6.45, 7) is 14.6. The van der Waals surface area contributed by atoms with E-state index in [1.165, 1.54) is 4.90 Å². The fourth-order valence-corrected chi connectivity index (χ4v) is 3.92. The number of nitrogens with one attached hydrogen (secondary N) is 2. The third-order valence-corrected chi connectivity index (χ3v) is 6.24. The zero-order valence-corrected chi connectivity index (χ0v) is 24.6. The number of carbonyl (C=O) groups is 3. The number of amides is 3. The van der Waals surface area contributed by atoms with E-state index in [1.807, 2.05) is 37.3 Å². The lowest BCUT2D eigenvalue weighted by molar-refractivity contribution is -0.116. The number of nitrogens with zero attached hydrogens (tertiary/aromatic N) is 3.